The number of ketones is 1. The van der Waals surface area contributed by atoms with E-state index < -0.39 is 0 Å². The van der Waals surface area contributed by atoms with Gasteiger partial charge in [-0.3, -0.25) is 9.48 Å². The Morgan fingerprint density at radius 3 is 2.73 bits per heavy atom. The molecule has 0 amide bonds. The summed E-state index contributed by atoms with van der Waals surface area (Å²) in [6.07, 6.45) is 5.76. The van der Waals surface area contributed by atoms with Gasteiger partial charge in [-0.2, -0.15) is 5.10 Å². The number of carbonyl (C=O) groups excluding carboxylic acids is 1. The average Bonchev–Trinajstić information content (AvgIpc) is 3.17. The summed E-state index contributed by atoms with van der Waals surface area (Å²) in [6.45, 7) is 0.217. The average molecular weight is 329 g/mol. The normalized spacial score (nSPS) is 11.1. The molecule has 0 N–H and O–H groups in total. The number of halogens is 1. The molecule has 0 fully saturated rings. The molecule has 22 heavy (non-hydrogen) atoms. The first-order valence-electron chi connectivity index (χ1n) is 6.74. The summed E-state index contributed by atoms with van der Waals surface area (Å²) in [4.78, 5) is 13.3. The third-order valence-electron chi connectivity index (χ3n) is 3.09. The predicted molar refractivity (Wildman–Crippen MR) is 91.3 cm³/mol. The topological polar surface area (TPSA) is 34.9 Å². The van der Waals surface area contributed by atoms with Crippen LogP contribution in [-0.4, -0.2) is 15.6 Å². The zero-order valence-electron chi connectivity index (χ0n) is 11.6. The molecule has 0 aliphatic heterocycles. The molecule has 3 aromatic rings. The largest absolute Gasteiger partial charge is 0.292 e. The lowest BCUT2D eigenvalue weighted by Gasteiger charge is -2.01. The maximum Gasteiger partial charge on any atom is 0.184 e. The van der Waals surface area contributed by atoms with Gasteiger partial charge in [0.05, 0.1) is 5.69 Å². The van der Waals surface area contributed by atoms with Crippen molar-refractivity contribution in [1.82, 2.24) is 9.78 Å². The molecule has 2 heterocycles. The van der Waals surface area contributed by atoms with Crippen molar-refractivity contribution in [3.8, 4) is 0 Å². The second-order valence-corrected chi connectivity index (χ2v) is 6.13. The summed E-state index contributed by atoms with van der Waals surface area (Å²) in [5, 5.41) is 7.03. The minimum Gasteiger partial charge on any atom is -0.292 e. The van der Waals surface area contributed by atoms with Crippen molar-refractivity contribution in [3.05, 3.63) is 75.2 Å². The van der Waals surface area contributed by atoms with Gasteiger partial charge in [0.1, 0.15) is 6.54 Å². The smallest absolute Gasteiger partial charge is 0.184 e. The fourth-order valence-corrected chi connectivity index (χ4v) is 2.73. The number of benzene rings is 1. The first-order valence-corrected chi connectivity index (χ1v) is 8.00. The van der Waals surface area contributed by atoms with Gasteiger partial charge in [0, 0.05) is 21.7 Å². The van der Waals surface area contributed by atoms with E-state index in [-0.39, 0.29) is 12.3 Å². The summed E-state index contributed by atoms with van der Waals surface area (Å²) < 4.78 is 1.64. The van der Waals surface area contributed by atoms with Crippen molar-refractivity contribution < 1.29 is 4.79 Å². The number of hydrogen-bond acceptors (Lipinski definition) is 3. The van der Waals surface area contributed by atoms with Crippen LogP contribution in [0.4, 0.5) is 0 Å². The summed E-state index contributed by atoms with van der Waals surface area (Å²) in [5.74, 6) is 0.00792. The fraction of sp³-hybridized carbons (Fsp3) is 0.0588. The number of Topliss-reactive ketones (excluding diaryl/α,β-unsaturated/α-hetero) is 1. The van der Waals surface area contributed by atoms with E-state index in [1.54, 1.807) is 40.3 Å². The molecule has 0 spiro atoms. The zero-order valence-corrected chi connectivity index (χ0v) is 13.2. The number of nitrogens with zero attached hydrogens (tertiary/aromatic N) is 2. The van der Waals surface area contributed by atoms with E-state index >= 15 is 0 Å². The van der Waals surface area contributed by atoms with Gasteiger partial charge >= 0.3 is 0 Å². The molecular weight excluding hydrogens is 316 g/mol. The lowest BCUT2D eigenvalue weighted by atomic mass is 10.1. The Morgan fingerprint density at radius 1 is 1.18 bits per heavy atom. The van der Waals surface area contributed by atoms with Crippen LogP contribution >= 0.6 is 22.9 Å². The molecule has 0 saturated heterocycles. The Morgan fingerprint density at radius 2 is 2.00 bits per heavy atom. The Balaban J connectivity index is 1.66. The zero-order chi connectivity index (χ0) is 15.4. The highest BCUT2D eigenvalue weighted by Crippen LogP contribution is 2.13. The highest BCUT2D eigenvalue weighted by atomic mass is 35.5. The van der Waals surface area contributed by atoms with Crippen LogP contribution in [0.15, 0.2) is 54.0 Å². The number of aromatic nitrogens is 2. The fourth-order valence-electron chi connectivity index (χ4n) is 1.98. The molecule has 0 bridgehead atoms. The van der Waals surface area contributed by atoms with Gasteiger partial charge < -0.3 is 0 Å². The van der Waals surface area contributed by atoms with Crippen LogP contribution in [0.3, 0.4) is 0 Å². The van der Waals surface area contributed by atoms with Crippen LogP contribution < -0.4 is 0 Å². The minimum absolute atomic E-state index is 0.00792. The van der Waals surface area contributed by atoms with Crippen LogP contribution in [-0.2, 0) is 6.54 Å². The number of carbonyl (C=O) groups is 1. The molecule has 1 aromatic carbocycles. The third kappa shape index (κ3) is 3.72. The van der Waals surface area contributed by atoms with Crippen molar-refractivity contribution in [2.75, 3.05) is 0 Å². The molecule has 0 unspecified atom stereocenters. The van der Waals surface area contributed by atoms with Crippen molar-refractivity contribution >= 4 is 40.9 Å². The molecule has 3 rings (SSSR count). The van der Waals surface area contributed by atoms with Gasteiger partial charge in [0.25, 0.3) is 0 Å². The van der Waals surface area contributed by atoms with Gasteiger partial charge in [-0.05, 0) is 53.9 Å². The van der Waals surface area contributed by atoms with Gasteiger partial charge in [0.15, 0.2) is 5.78 Å². The highest BCUT2D eigenvalue weighted by Gasteiger charge is 2.07. The summed E-state index contributed by atoms with van der Waals surface area (Å²) in [5.41, 5.74) is 1.47. The molecule has 0 atom stereocenters. The maximum absolute atomic E-state index is 12.2. The van der Waals surface area contributed by atoms with Gasteiger partial charge in [-0.25, -0.2) is 0 Å². The van der Waals surface area contributed by atoms with E-state index in [2.05, 4.69) is 5.10 Å². The number of thiophene rings is 1. The summed E-state index contributed by atoms with van der Waals surface area (Å²) in [7, 11) is 0. The van der Waals surface area contributed by atoms with E-state index in [9.17, 15) is 4.79 Å². The highest BCUT2D eigenvalue weighted by molar-refractivity contribution is 7.10. The molecule has 0 aliphatic rings. The Labute approximate surface area is 137 Å². The monoisotopic (exact) mass is 328 g/mol. The minimum atomic E-state index is 0.00792. The van der Waals surface area contributed by atoms with E-state index in [4.69, 9.17) is 11.6 Å². The van der Waals surface area contributed by atoms with Crippen LogP contribution in [0.2, 0.25) is 5.02 Å². The van der Waals surface area contributed by atoms with Crippen LogP contribution in [0, 0.1) is 0 Å². The molecule has 0 radical (unpaired) electrons. The van der Waals surface area contributed by atoms with Crippen LogP contribution in [0.5, 0.6) is 0 Å². The summed E-state index contributed by atoms with van der Waals surface area (Å²) >= 11 is 7.49. The van der Waals surface area contributed by atoms with Crippen LogP contribution in [0.1, 0.15) is 20.9 Å². The van der Waals surface area contributed by atoms with Crippen molar-refractivity contribution in [2.45, 2.75) is 6.54 Å². The Bertz CT molecular complexity index is 788. The second kappa shape index (κ2) is 6.73. The van der Waals surface area contributed by atoms with Crippen molar-refractivity contribution in [2.24, 2.45) is 0 Å². The van der Waals surface area contributed by atoms with Crippen molar-refractivity contribution in [1.29, 1.82) is 0 Å². The number of rotatable bonds is 5. The van der Waals surface area contributed by atoms with Gasteiger partial charge in [0.2, 0.25) is 0 Å². The third-order valence-corrected chi connectivity index (χ3v) is 4.18. The number of hydrogen-bond donors (Lipinski definition) is 0. The van der Waals surface area contributed by atoms with Crippen LogP contribution in [0.25, 0.3) is 12.2 Å². The molecule has 0 aliphatic carbocycles. The molecular formula is C17H13ClN2OS. The molecule has 2 aromatic heterocycles. The Kier molecular flexibility index (Phi) is 4.51. The van der Waals surface area contributed by atoms with E-state index in [0.717, 1.165) is 5.69 Å². The van der Waals surface area contributed by atoms with Gasteiger partial charge in [-0.1, -0.05) is 17.7 Å². The molecule has 3 nitrogen and oxygen atoms in total. The lowest BCUT2D eigenvalue weighted by Crippen LogP contribution is -2.10. The quantitative estimate of drug-likeness (QED) is 0.639. The van der Waals surface area contributed by atoms with Crippen molar-refractivity contribution in [3.63, 3.8) is 0 Å². The first kappa shape index (κ1) is 14.8. The maximum atomic E-state index is 12.2. The first-order chi connectivity index (χ1) is 10.7. The van der Waals surface area contributed by atoms with E-state index in [0.29, 0.717) is 10.6 Å². The summed E-state index contributed by atoms with van der Waals surface area (Å²) in [6, 6.07) is 12.8. The Hall–Kier alpha value is -2.17. The SMILES string of the molecule is O=C(Cn1ccc(C=Cc2cccs2)n1)c1ccc(Cl)cc1. The standard InChI is InChI=1S/C17H13ClN2OS/c18-14-5-3-13(4-6-14)17(21)12-20-10-9-15(19-20)7-8-16-2-1-11-22-16/h1-11H,12H2. The second-order valence-electron chi connectivity index (χ2n) is 4.72. The van der Waals surface area contributed by atoms with Gasteiger partial charge in [-0.15, -0.1) is 11.3 Å². The predicted octanol–water partition coefficient (Wildman–Crippen LogP) is 4.65. The molecule has 110 valence electrons. The molecule has 0 saturated carbocycles. The van der Waals surface area contributed by atoms with E-state index in [1.807, 2.05) is 41.9 Å². The lowest BCUT2D eigenvalue weighted by molar-refractivity contribution is 0.0967. The van der Waals surface area contributed by atoms with E-state index in [1.165, 1.54) is 4.88 Å². The molecule has 5 heteroatoms.